The zero-order valence-corrected chi connectivity index (χ0v) is 18.7. The lowest BCUT2D eigenvalue weighted by Crippen LogP contribution is -2.08. The second-order valence-electron chi connectivity index (χ2n) is 7.59. The average molecular weight is 462 g/mol. The highest BCUT2D eigenvalue weighted by Gasteiger charge is 2.16. The SMILES string of the molecule is COc1cc2occ(-c3ccc(Cl)cc3)c2cc1/C(C)=C/C(=O)Nc1ccc2c(c1)OCO2. The van der Waals surface area contributed by atoms with Crippen LogP contribution in [0, 0.1) is 0 Å². The van der Waals surface area contributed by atoms with Crippen molar-refractivity contribution in [2.75, 3.05) is 19.2 Å². The maximum absolute atomic E-state index is 12.7. The van der Waals surface area contributed by atoms with E-state index < -0.39 is 0 Å². The minimum Gasteiger partial charge on any atom is -0.496 e. The zero-order valence-electron chi connectivity index (χ0n) is 18.0. The summed E-state index contributed by atoms with van der Waals surface area (Å²) in [5, 5.41) is 4.44. The quantitative estimate of drug-likeness (QED) is 0.342. The van der Waals surface area contributed by atoms with Crippen LogP contribution in [0.25, 0.3) is 27.7 Å². The Morgan fingerprint density at radius 2 is 1.85 bits per heavy atom. The van der Waals surface area contributed by atoms with Crippen molar-refractivity contribution in [2.45, 2.75) is 6.92 Å². The van der Waals surface area contributed by atoms with Crippen LogP contribution in [0.5, 0.6) is 17.2 Å². The monoisotopic (exact) mass is 461 g/mol. The molecule has 7 heteroatoms. The fourth-order valence-corrected chi connectivity index (χ4v) is 3.94. The summed E-state index contributed by atoms with van der Waals surface area (Å²) in [5.41, 5.74) is 4.77. The molecule has 0 saturated heterocycles. The number of methoxy groups -OCH3 is 1. The summed E-state index contributed by atoms with van der Waals surface area (Å²) in [4.78, 5) is 12.7. The summed E-state index contributed by atoms with van der Waals surface area (Å²) >= 11 is 6.03. The van der Waals surface area contributed by atoms with Gasteiger partial charge in [0.1, 0.15) is 11.3 Å². The maximum atomic E-state index is 12.7. The van der Waals surface area contributed by atoms with Gasteiger partial charge in [0.15, 0.2) is 11.5 Å². The number of fused-ring (bicyclic) bond motifs is 2. The lowest BCUT2D eigenvalue weighted by atomic mass is 9.99. The molecular weight excluding hydrogens is 442 g/mol. The molecule has 1 aromatic heterocycles. The minimum absolute atomic E-state index is 0.181. The molecule has 1 aliphatic rings. The standard InChI is InChI=1S/C26H20ClNO5/c1-15(9-26(29)28-18-7-8-22-25(10-18)33-14-32-22)19-11-20-21(16-3-5-17(27)6-4-16)13-31-24(20)12-23(19)30-2/h3-13H,14H2,1-2H3,(H,28,29)/b15-9+. The summed E-state index contributed by atoms with van der Waals surface area (Å²) in [7, 11) is 1.59. The van der Waals surface area contributed by atoms with Crippen molar-refractivity contribution in [3.8, 4) is 28.4 Å². The van der Waals surface area contributed by atoms with Gasteiger partial charge in [0, 0.05) is 45.4 Å². The van der Waals surface area contributed by atoms with Crippen molar-refractivity contribution in [1.29, 1.82) is 0 Å². The molecule has 0 bridgehead atoms. The van der Waals surface area contributed by atoms with E-state index in [1.807, 2.05) is 43.3 Å². The van der Waals surface area contributed by atoms with E-state index in [0.717, 1.165) is 27.6 Å². The molecule has 1 amide bonds. The fourth-order valence-electron chi connectivity index (χ4n) is 3.81. The maximum Gasteiger partial charge on any atom is 0.248 e. The number of benzene rings is 3. The number of anilines is 1. The Morgan fingerprint density at radius 1 is 1.06 bits per heavy atom. The molecule has 4 aromatic rings. The average Bonchev–Trinajstić information content (AvgIpc) is 3.44. The molecule has 2 heterocycles. The minimum atomic E-state index is -0.265. The number of halogens is 1. The molecule has 0 unspecified atom stereocenters. The molecule has 0 radical (unpaired) electrons. The molecule has 166 valence electrons. The van der Waals surface area contributed by atoms with Gasteiger partial charge in [-0.25, -0.2) is 0 Å². The van der Waals surface area contributed by atoms with Crippen molar-refractivity contribution in [3.63, 3.8) is 0 Å². The van der Waals surface area contributed by atoms with Gasteiger partial charge in [-0.2, -0.15) is 0 Å². The highest BCUT2D eigenvalue weighted by atomic mass is 35.5. The fraction of sp³-hybridized carbons (Fsp3) is 0.115. The largest absolute Gasteiger partial charge is 0.496 e. The Bertz CT molecular complexity index is 1390. The zero-order chi connectivity index (χ0) is 22.9. The second kappa shape index (κ2) is 8.56. The van der Waals surface area contributed by atoms with Crippen LogP contribution in [0.1, 0.15) is 12.5 Å². The highest BCUT2D eigenvalue weighted by molar-refractivity contribution is 6.30. The van der Waals surface area contributed by atoms with Crippen LogP contribution < -0.4 is 19.5 Å². The first-order valence-corrected chi connectivity index (χ1v) is 10.6. The lowest BCUT2D eigenvalue weighted by molar-refractivity contribution is -0.111. The predicted molar refractivity (Wildman–Crippen MR) is 128 cm³/mol. The summed E-state index contributed by atoms with van der Waals surface area (Å²) in [5.74, 6) is 1.62. The van der Waals surface area contributed by atoms with Crippen molar-refractivity contribution in [2.24, 2.45) is 0 Å². The summed E-state index contributed by atoms with van der Waals surface area (Å²) in [6.07, 6.45) is 3.25. The normalized spacial score (nSPS) is 12.8. The molecule has 5 rings (SSSR count). The van der Waals surface area contributed by atoms with Crippen LogP contribution in [-0.2, 0) is 4.79 Å². The Morgan fingerprint density at radius 3 is 2.64 bits per heavy atom. The second-order valence-corrected chi connectivity index (χ2v) is 8.03. The highest BCUT2D eigenvalue weighted by Crippen LogP contribution is 2.38. The van der Waals surface area contributed by atoms with Gasteiger partial charge < -0.3 is 23.9 Å². The van der Waals surface area contributed by atoms with E-state index in [1.165, 1.54) is 6.08 Å². The molecule has 1 aliphatic heterocycles. The first-order valence-electron chi connectivity index (χ1n) is 10.3. The van der Waals surface area contributed by atoms with Crippen LogP contribution in [0.2, 0.25) is 5.02 Å². The van der Waals surface area contributed by atoms with Crippen LogP contribution in [0.4, 0.5) is 5.69 Å². The third kappa shape index (κ3) is 4.13. The number of hydrogen-bond donors (Lipinski definition) is 1. The van der Waals surface area contributed by atoms with E-state index in [1.54, 1.807) is 31.6 Å². The van der Waals surface area contributed by atoms with Crippen molar-refractivity contribution in [3.05, 3.63) is 77.5 Å². The molecular formula is C26H20ClNO5. The third-order valence-corrected chi connectivity index (χ3v) is 5.72. The Kier molecular flexibility index (Phi) is 5.44. The molecule has 0 fully saturated rings. The molecule has 0 aliphatic carbocycles. The summed E-state index contributed by atoms with van der Waals surface area (Å²) < 4.78 is 22.0. The molecule has 0 spiro atoms. The number of hydrogen-bond acceptors (Lipinski definition) is 5. The Labute approximate surface area is 195 Å². The van der Waals surface area contributed by atoms with E-state index in [-0.39, 0.29) is 12.7 Å². The number of nitrogens with one attached hydrogen (secondary N) is 1. The van der Waals surface area contributed by atoms with E-state index >= 15 is 0 Å². The van der Waals surface area contributed by atoms with Gasteiger partial charge in [0.05, 0.1) is 13.4 Å². The van der Waals surface area contributed by atoms with E-state index in [9.17, 15) is 4.79 Å². The number of ether oxygens (including phenoxy) is 3. The topological polar surface area (TPSA) is 69.9 Å². The molecule has 3 aromatic carbocycles. The first kappa shape index (κ1) is 21.0. The summed E-state index contributed by atoms with van der Waals surface area (Å²) in [6.45, 7) is 2.05. The van der Waals surface area contributed by atoms with Crippen molar-refractivity contribution < 1.29 is 23.4 Å². The number of furan rings is 1. The first-order chi connectivity index (χ1) is 16.0. The Hall–Kier alpha value is -3.90. The van der Waals surface area contributed by atoms with Gasteiger partial charge in [-0.05, 0) is 48.4 Å². The molecule has 0 atom stereocenters. The number of carbonyl (C=O) groups is 1. The van der Waals surface area contributed by atoms with Gasteiger partial charge in [0.25, 0.3) is 0 Å². The van der Waals surface area contributed by atoms with Crippen LogP contribution in [0.15, 0.2) is 71.4 Å². The van der Waals surface area contributed by atoms with E-state index in [4.69, 9.17) is 30.2 Å². The van der Waals surface area contributed by atoms with Gasteiger partial charge in [-0.1, -0.05) is 23.7 Å². The van der Waals surface area contributed by atoms with Crippen molar-refractivity contribution in [1.82, 2.24) is 0 Å². The van der Waals surface area contributed by atoms with Crippen LogP contribution in [0.3, 0.4) is 0 Å². The molecule has 1 N–H and O–H groups in total. The summed E-state index contributed by atoms with van der Waals surface area (Å²) in [6, 6.07) is 16.6. The molecule has 0 saturated carbocycles. The smallest absolute Gasteiger partial charge is 0.248 e. The van der Waals surface area contributed by atoms with Crippen LogP contribution >= 0.6 is 11.6 Å². The van der Waals surface area contributed by atoms with Gasteiger partial charge in [-0.15, -0.1) is 0 Å². The Balaban J connectivity index is 1.47. The molecule has 6 nitrogen and oxygen atoms in total. The van der Waals surface area contributed by atoms with Gasteiger partial charge in [-0.3, -0.25) is 4.79 Å². The van der Waals surface area contributed by atoms with Crippen LogP contribution in [-0.4, -0.2) is 19.8 Å². The lowest BCUT2D eigenvalue weighted by Gasteiger charge is -2.10. The van der Waals surface area contributed by atoms with Gasteiger partial charge >= 0.3 is 0 Å². The van der Waals surface area contributed by atoms with Gasteiger partial charge in [0.2, 0.25) is 12.7 Å². The van der Waals surface area contributed by atoms with E-state index in [2.05, 4.69) is 5.32 Å². The van der Waals surface area contributed by atoms with Crippen molar-refractivity contribution >= 4 is 39.7 Å². The molecule has 33 heavy (non-hydrogen) atoms. The van der Waals surface area contributed by atoms with E-state index in [0.29, 0.717) is 33.5 Å². The third-order valence-electron chi connectivity index (χ3n) is 5.46. The number of allylic oxidation sites excluding steroid dienone is 1. The number of carbonyl (C=O) groups excluding carboxylic acids is 1. The predicted octanol–water partition coefficient (Wildman–Crippen LogP) is 6.53. The number of rotatable bonds is 5. The number of amides is 1.